The van der Waals surface area contributed by atoms with E-state index < -0.39 is 0 Å². The molecule has 5 rings (SSSR count). The van der Waals surface area contributed by atoms with E-state index in [0.717, 1.165) is 39.6 Å². The van der Waals surface area contributed by atoms with E-state index in [0.29, 0.717) is 11.7 Å². The van der Waals surface area contributed by atoms with Crippen LogP contribution in [0.2, 0.25) is 0 Å². The predicted molar refractivity (Wildman–Crippen MR) is 152 cm³/mol. The van der Waals surface area contributed by atoms with Gasteiger partial charge >= 0.3 is 0 Å². The molecule has 2 aromatic carbocycles. The summed E-state index contributed by atoms with van der Waals surface area (Å²) in [5.41, 5.74) is 6.46. The minimum absolute atomic E-state index is 0.0765. The van der Waals surface area contributed by atoms with Gasteiger partial charge in [0.15, 0.2) is 5.11 Å². The number of pyridine rings is 1. The molecule has 1 aliphatic heterocycles. The molecule has 1 amide bonds. The second-order valence-corrected chi connectivity index (χ2v) is 9.96. The number of nitrogens with zero attached hydrogens (tertiary/aromatic N) is 3. The van der Waals surface area contributed by atoms with E-state index in [1.807, 2.05) is 69.3 Å². The van der Waals surface area contributed by atoms with Gasteiger partial charge in [-0.05, 0) is 86.6 Å². The van der Waals surface area contributed by atoms with Crippen LogP contribution in [-0.2, 0) is 4.79 Å². The van der Waals surface area contributed by atoms with Gasteiger partial charge in [-0.3, -0.25) is 9.78 Å². The zero-order valence-electron chi connectivity index (χ0n) is 21.6. The van der Waals surface area contributed by atoms with Crippen LogP contribution in [0.25, 0.3) is 5.69 Å². The number of carbonyl (C=O) groups excluding carboxylic acids is 1. The van der Waals surface area contributed by atoms with Gasteiger partial charge in [0.1, 0.15) is 5.82 Å². The van der Waals surface area contributed by atoms with Crippen LogP contribution in [-0.4, -0.2) is 32.0 Å². The highest BCUT2D eigenvalue weighted by Crippen LogP contribution is 2.41. The molecule has 0 saturated carbocycles. The smallest absolute Gasteiger partial charge is 0.226 e. The Morgan fingerprint density at radius 3 is 2.58 bits per heavy atom. The van der Waals surface area contributed by atoms with E-state index in [2.05, 4.69) is 31.2 Å². The van der Waals surface area contributed by atoms with Crippen LogP contribution >= 0.6 is 12.2 Å². The van der Waals surface area contributed by atoms with Crippen LogP contribution in [0.3, 0.4) is 0 Å². The number of hydrogen-bond acceptors (Lipinski definition) is 3. The molecular weight excluding hydrogens is 497 g/mol. The molecule has 2 aromatic heterocycles. The fourth-order valence-corrected chi connectivity index (χ4v) is 5.56. The summed E-state index contributed by atoms with van der Waals surface area (Å²) in [6, 6.07) is 21.9. The number of thiocarbonyl (C=S) groups is 1. The fraction of sp³-hybridized carbons (Fsp3) is 0.233. The van der Waals surface area contributed by atoms with E-state index in [9.17, 15) is 9.18 Å². The molecule has 0 bridgehead atoms. The molecule has 0 unspecified atom stereocenters. The average Bonchev–Trinajstić information content (AvgIpc) is 3.39. The topological polar surface area (TPSA) is 62.2 Å². The standard InChI is InChI=1S/C30H30FN5OS/c1-19-9-4-5-12-25(19)33-27(37)14-16-35-29(28(34-30(35)38)26-13-6-7-15-32-26)24-17-20(2)36(21(24)3)23-11-8-10-22(31)18-23/h4-13,15,17-18,28-29H,14,16H2,1-3H3,(H,33,37)(H,34,38)/t28-,29-/m0/s1. The van der Waals surface area contributed by atoms with Crippen LogP contribution in [0.4, 0.5) is 10.1 Å². The van der Waals surface area contributed by atoms with Crippen molar-refractivity contribution in [1.29, 1.82) is 0 Å². The third kappa shape index (κ3) is 5.04. The van der Waals surface area contributed by atoms with Crippen LogP contribution in [0.1, 0.15) is 46.7 Å². The highest BCUT2D eigenvalue weighted by molar-refractivity contribution is 7.80. The Hall–Kier alpha value is -4.04. The number of halogens is 1. The molecule has 0 spiro atoms. The average molecular weight is 528 g/mol. The summed E-state index contributed by atoms with van der Waals surface area (Å²) in [5, 5.41) is 7.04. The first kappa shape index (κ1) is 25.6. The Balaban J connectivity index is 1.48. The van der Waals surface area contributed by atoms with Crippen molar-refractivity contribution in [3.63, 3.8) is 0 Å². The van der Waals surface area contributed by atoms with Gasteiger partial charge in [-0.25, -0.2) is 4.39 Å². The minimum Gasteiger partial charge on any atom is -0.352 e. The van der Waals surface area contributed by atoms with Crippen LogP contribution in [0, 0.1) is 26.6 Å². The van der Waals surface area contributed by atoms with Crippen LogP contribution in [0.15, 0.2) is 79.0 Å². The van der Waals surface area contributed by atoms with Gasteiger partial charge in [0.2, 0.25) is 5.91 Å². The molecule has 0 radical (unpaired) electrons. The number of anilines is 1. The summed E-state index contributed by atoms with van der Waals surface area (Å²) >= 11 is 5.79. The molecule has 2 N–H and O–H groups in total. The fourth-order valence-electron chi connectivity index (χ4n) is 5.23. The molecule has 38 heavy (non-hydrogen) atoms. The van der Waals surface area contributed by atoms with Crippen molar-refractivity contribution >= 4 is 28.9 Å². The quantitative estimate of drug-likeness (QED) is 0.292. The lowest BCUT2D eigenvalue weighted by molar-refractivity contribution is -0.116. The molecule has 0 aliphatic carbocycles. The molecule has 6 nitrogen and oxygen atoms in total. The maximum absolute atomic E-state index is 14.1. The summed E-state index contributed by atoms with van der Waals surface area (Å²) in [6.07, 6.45) is 2.04. The first-order chi connectivity index (χ1) is 18.3. The van der Waals surface area contributed by atoms with Crippen LogP contribution in [0.5, 0.6) is 0 Å². The SMILES string of the molecule is Cc1ccccc1NC(=O)CCN1C(=S)N[C@@H](c2ccccn2)[C@@H]1c1cc(C)n(-c2cccc(F)c2)c1C. The van der Waals surface area contributed by atoms with Gasteiger partial charge in [-0.2, -0.15) is 0 Å². The van der Waals surface area contributed by atoms with Crippen molar-refractivity contribution in [2.45, 2.75) is 39.3 Å². The van der Waals surface area contributed by atoms with E-state index in [1.165, 1.54) is 12.1 Å². The molecule has 3 heterocycles. The second kappa shape index (κ2) is 10.8. The largest absolute Gasteiger partial charge is 0.352 e. The summed E-state index contributed by atoms with van der Waals surface area (Å²) in [7, 11) is 0. The zero-order valence-corrected chi connectivity index (χ0v) is 22.4. The van der Waals surface area contributed by atoms with Crippen molar-refractivity contribution in [3.05, 3.63) is 113 Å². The van der Waals surface area contributed by atoms with Gasteiger partial charge in [0.25, 0.3) is 0 Å². The highest BCUT2D eigenvalue weighted by Gasteiger charge is 2.41. The number of aromatic nitrogens is 2. The van der Waals surface area contributed by atoms with Crippen molar-refractivity contribution in [2.75, 3.05) is 11.9 Å². The van der Waals surface area contributed by atoms with Crippen molar-refractivity contribution < 1.29 is 9.18 Å². The van der Waals surface area contributed by atoms with Gasteiger partial charge in [0.05, 0.1) is 17.8 Å². The highest BCUT2D eigenvalue weighted by atomic mass is 32.1. The van der Waals surface area contributed by atoms with E-state index in [1.54, 1.807) is 12.3 Å². The normalized spacial score (nSPS) is 16.9. The molecule has 1 fully saturated rings. The Bertz CT molecular complexity index is 1490. The maximum atomic E-state index is 14.1. The van der Waals surface area contributed by atoms with Crippen LogP contribution < -0.4 is 10.6 Å². The van der Waals surface area contributed by atoms with Gasteiger partial charge in [-0.1, -0.05) is 30.3 Å². The summed E-state index contributed by atoms with van der Waals surface area (Å²) in [4.78, 5) is 19.6. The lowest BCUT2D eigenvalue weighted by Crippen LogP contribution is -2.33. The monoisotopic (exact) mass is 527 g/mol. The Labute approximate surface area is 227 Å². The molecular formula is C30H30FN5OS. The van der Waals surface area contributed by atoms with E-state index in [-0.39, 0.29) is 30.2 Å². The number of aryl methyl sites for hydroxylation is 2. The Morgan fingerprint density at radius 2 is 1.84 bits per heavy atom. The molecule has 2 atom stereocenters. The van der Waals surface area contributed by atoms with E-state index >= 15 is 0 Å². The Morgan fingerprint density at radius 1 is 1.05 bits per heavy atom. The first-order valence-corrected chi connectivity index (χ1v) is 13.0. The third-order valence-electron chi connectivity index (χ3n) is 7.05. The predicted octanol–water partition coefficient (Wildman–Crippen LogP) is 5.94. The zero-order chi connectivity index (χ0) is 26.8. The van der Waals surface area contributed by atoms with E-state index in [4.69, 9.17) is 12.2 Å². The lowest BCUT2D eigenvalue weighted by Gasteiger charge is -2.28. The van der Waals surface area contributed by atoms with Gasteiger partial charge < -0.3 is 20.1 Å². The number of amides is 1. The number of hydrogen-bond donors (Lipinski definition) is 2. The molecule has 1 saturated heterocycles. The number of carbonyl (C=O) groups is 1. The third-order valence-corrected chi connectivity index (χ3v) is 7.40. The summed E-state index contributed by atoms with van der Waals surface area (Å²) in [5.74, 6) is -0.361. The number of benzene rings is 2. The molecule has 4 aromatic rings. The van der Waals surface area contributed by atoms with Gasteiger partial charge in [0, 0.05) is 41.9 Å². The Kier molecular flexibility index (Phi) is 7.24. The molecule has 1 aliphatic rings. The lowest BCUT2D eigenvalue weighted by atomic mass is 9.96. The van der Waals surface area contributed by atoms with Gasteiger partial charge in [-0.15, -0.1) is 0 Å². The van der Waals surface area contributed by atoms with Crippen molar-refractivity contribution in [3.8, 4) is 5.69 Å². The number of para-hydroxylation sites is 1. The minimum atomic E-state index is -0.284. The summed E-state index contributed by atoms with van der Waals surface area (Å²) in [6.45, 7) is 6.45. The number of nitrogens with one attached hydrogen (secondary N) is 2. The number of rotatable bonds is 7. The molecule has 8 heteroatoms. The van der Waals surface area contributed by atoms with Crippen molar-refractivity contribution in [2.24, 2.45) is 0 Å². The molecule has 194 valence electrons. The summed E-state index contributed by atoms with van der Waals surface area (Å²) < 4.78 is 16.1. The second-order valence-electron chi connectivity index (χ2n) is 9.57. The maximum Gasteiger partial charge on any atom is 0.226 e. The van der Waals surface area contributed by atoms with Crippen molar-refractivity contribution in [1.82, 2.24) is 19.8 Å². The first-order valence-electron chi connectivity index (χ1n) is 12.6.